The third kappa shape index (κ3) is 2.55. The minimum Gasteiger partial charge on any atom is -0.496 e. The van der Waals surface area contributed by atoms with Gasteiger partial charge in [0.15, 0.2) is 0 Å². The van der Waals surface area contributed by atoms with Crippen molar-refractivity contribution in [3.05, 3.63) is 47.5 Å². The summed E-state index contributed by atoms with van der Waals surface area (Å²) in [6.45, 7) is 0. The van der Waals surface area contributed by atoms with E-state index in [9.17, 15) is 0 Å². The van der Waals surface area contributed by atoms with Gasteiger partial charge >= 0.3 is 0 Å². The molecule has 0 saturated carbocycles. The Bertz CT molecular complexity index is 786. The number of ether oxygens (including phenoxy) is 1. The third-order valence-electron chi connectivity index (χ3n) is 3.00. The number of anilines is 1. The van der Waals surface area contributed by atoms with Crippen molar-refractivity contribution in [3.63, 3.8) is 0 Å². The van der Waals surface area contributed by atoms with E-state index in [2.05, 4.69) is 10.1 Å². The van der Waals surface area contributed by atoms with Crippen molar-refractivity contribution in [2.45, 2.75) is 0 Å². The van der Waals surface area contributed by atoms with Crippen LogP contribution >= 0.6 is 11.6 Å². The summed E-state index contributed by atoms with van der Waals surface area (Å²) in [5, 5.41) is 4.53. The molecule has 3 aromatic rings. The van der Waals surface area contributed by atoms with Gasteiger partial charge in [-0.15, -0.1) is 0 Å². The Balaban J connectivity index is 2.05. The molecule has 0 aliphatic carbocycles. The van der Waals surface area contributed by atoms with Crippen LogP contribution in [0.2, 0.25) is 5.02 Å². The number of benzene rings is 2. The van der Waals surface area contributed by atoms with Crippen LogP contribution in [0.25, 0.3) is 22.8 Å². The van der Waals surface area contributed by atoms with E-state index in [0.717, 1.165) is 0 Å². The van der Waals surface area contributed by atoms with Gasteiger partial charge in [0.05, 0.1) is 17.7 Å². The standard InChI is InChI=1S/C15H12ClN3O2/c1-20-13-8-9(17)6-7-11(13)15-18-14(19-21-15)10-4-2-3-5-12(10)16/h2-8H,17H2,1H3. The molecule has 0 fully saturated rings. The van der Waals surface area contributed by atoms with Gasteiger partial charge in [0.2, 0.25) is 5.82 Å². The van der Waals surface area contributed by atoms with E-state index in [1.165, 1.54) is 0 Å². The summed E-state index contributed by atoms with van der Waals surface area (Å²) in [5.74, 6) is 1.35. The lowest BCUT2D eigenvalue weighted by Crippen LogP contribution is -1.91. The molecule has 0 unspecified atom stereocenters. The lowest BCUT2D eigenvalue weighted by molar-refractivity contribution is 0.405. The molecule has 0 radical (unpaired) electrons. The molecule has 0 amide bonds. The number of rotatable bonds is 3. The average molecular weight is 302 g/mol. The Morgan fingerprint density at radius 2 is 1.95 bits per heavy atom. The molecule has 3 rings (SSSR count). The first kappa shape index (κ1) is 13.5. The SMILES string of the molecule is COc1cc(N)ccc1-c1nc(-c2ccccc2Cl)no1. The van der Waals surface area contributed by atoms with Gasteiger partial charge in [0.1, 0.15) is 5.75 Å². The fourth-order valence-electron chi connectivity index (χ4n) is 1.97. The van der Waals surface area contributed by atoms with Crippen LogP contribution in [-0.4, -0.2) is 17.3 Å². The van der Waals surface area contributed by atoms with Gasteiger partial charge in [-0.3, -0.25) is 0 Å². The predicted molar refractivity (Wildman–Crippen MR) is 81.1 cm³/mol. The summed E-state index contributed by atoms with van der Waals surface area (Å²) in [7, 11) is 1.56. The van der Waals surface area contributed by atoms with E-state index in [1.54, 1.807) is 31.4 Å². The maximum Gasteiger partial charge on any atom is 0.262 e. The molecule has 0 atom stereocenters. The first-order chi connectivity index (χ1) is 10.2. The zero-order chi connectivity index (χ0) is 14.8. The smallest absolute Gasteiger partial charge is 0.262 e. The molecule has 0 saturated heterocycles. The van der Waals surface area contributed by atoms with Crippen LogP contribution in [0.1, 0.15) is 0 Å². The summed E-state index contributed by atoms with van der Waals surface area (Å²) in [5.41, 5.74) is 7.72. The fourth-order valence-corrected chi connectivity index (χ4v) is 2.19. The van der Waals surface area contributed by atoms with E-state index in [4.69, 9.17) is 26.6 Å². The van der Waals surface area contributed by atoms with Crippen LogP contribution < -0.4 is 10.5 Å². The molecule has 6 heteroatoms. The molecule has 5 nitrogen and oxygen atoms in total. The molecule has 106 valence electrons. The number of aromatic nitrogens is 2. The molecule has 1 heterocycles. The first-order valence-electron chi connectivity index (χ1n) is 6.21. The summed E-state index contributed by atoms with van der Waals surface area (Å²) in [6.07, 6.45) is 0. The largest absolute Gasteiger partial charge is 0.496 e. The number of nitrogen functional groups attached to an aromatic ring is 1. The zero-order valence-electron chi connectivity index (χ0n) is 11.2. The van der Waals surface area contributed by atoms with E-state index in [1.807, 2.05) is 18.2 Å². The second-order valence-corrected chi connectivity index (χ2v) is 4.77. The highest BCUT2D eigenvalue weighted by Gasteiger charge is 2.16. The van der Waals surface area contributed by atoms with Gasteiger partial charge in [-0.25, -0.2) is 0 Å². The number of nitrogens with zero attached hydrogens (tertiary/aromatic N) is 2. The number of nitrogens with two attached hydrogens (primary N) is 1. The van der Waals surface area contributed by atoms with Gasteiger partial charge in [0.25, 0.3) is 5.89 Å². The van der Waals surface area contributed by atoms with Crippen molar-refractivity contribution in [1.82, 2.24) is 10.1 Å². The summed E-state index contributed by atoms with van der Waals surface area (Å²) >= 11 is 6.13. The van der Waals surface area contributed by atoms with Gasteiger partial charge in [-0.2, -0.15) is 4.98 Å². The van der Waals surface area contributed by atoms with Crippen LogP contribution in [-0.2, 0) is 0 Å². The monoisotopic (exact) mass is 301 g/mol. The minimum atomic E-state index is 0.349. The van der Waals surface area contributed by atoms with E-state index in [0.29, 0.717) is 39.3 Å². The molecule has 2 aromatic carbocycles. The lowest BCUT2D eigenvalue weighted by atomic mass is 10.1. The summed E-state index contributed by atoms with van der Waals surface area (Å²) in [4.78, 5) is 4.37. The Morgan fingerprint density at radius 3 is 2.71 bits per heavy atom. The van der Waals surface area contributed by atoms with Gasteiger partial charge < -0.3 is 15.0 Å². The Hall–Kier alpha value is -2.53. The average Bonchev–Trinajstić information content (AvgIpc) is 2.97. The highest BCUT2D eigenvalue weighted by Crippen LogP contribution is 2.33. The number of hydrogen-bond acceptors (Lipinski definition) is 5. The normalized spacial score (nSPS) is 10.6. The van der Waals surface area contributed by atoms with Gasteiger partial charge in [0, 0.05) is 17.3 Å². The molecule has 2 N–H and O–H groups in total. The highest BCUT2D eigenvalue weighted by atomic mass is 35.5. The van der Waals surface area contributed by atoms with Crippen molar-refractivity contribution in [2.24, 2.45) is 0 Å². The maximum absolute atomic E-state index is 6.13. The second kappa shape index (κ2) is 5.46. The van der Waals surface area contributed by atoms with Crippen LogP contribution in [0.4, 0.5) is 5.69 Å². The molecule has 0 bridgehead atoms. The second-order valence-electron chi connectivity index (χ2n) is 4.36. The number of halogens is 1. The quantitative estimate of drug-likeness (QED) is 0.747. The molecular weight excluding hydrogens is 290 g/mol. The molecule has 1 aromatic heterocycles. The van der Waals surface area contributed by atoms with Crippen LogP contribution in [0, 0.1) is 0 Å². The topological polar surface area (TPSA) is 74.2 Å². The molecule has 0 aliphatic heterocycles. The van der Waals surface area contributed by atoms with Crippen molar-refractivity contribution in [3.8, 4) is 28.6 Å². The Labute approximate surface area is 126 Å². The first-order valence-corrected chi connectivity index (χ1v) is 6.59. The van der Waals surface area contributed by atoms with E-state index < -0.39 is 0 Å². The van der Waals surface area contributed by atoms with Crippen molar-refractivity contribution < 1.29 is 9.26 Å². The Morgan fingerprint density at radius 1 is 1.14 bits per heavy atom. The van der Waals surface area contributed by atoms with Crippen molar-refractivity contribution >= 4 is 17.3 Å². The van der Waals surface area contributed by atoms with Gasteiger partial charge in [-0.05, 0) is 24.3 Å². The number of methoxy groups -OCH3 is 1. The van der Waals surface area contributed by atoms with Gasteiger partial charge in [-0.1, -0.05) is 28.9 Å². The van der Waals surface area contributed by atoms with Crippen LogP contribution in [0.15, 0.2) is 47.0 Å². The van der Waals surface area contributed by atoms with Crippen LogP contribution in [0.3, 0.4) is 0 Å². The summed E-state index contributed by atoms with van der Waals surface area (Å²) < 4.78 is 10.6. The van der Waals surface area contributed by atoms with Crippen LogP contribution in [0.5, 0.6) is 5.75 Å². The van der Waals surface area contributed by atoms with Crippen molar-refractivity contribution in [1.29, 1.82) is 0 Å². The Kier molecular flexibility index (Phi) is 3.50. The zero-order valence-corrected chi connectivity index (χ0v) is 12.0. The van der Waals surface area contributed by atoms with E-state index in [-0.39, 0.29) is 0 Å². The van der Waals surface area contributed by atoms with Crippen molar-refractivity contribution in [2.75, 3.05) is 12.8 Å². The lowest BCUT2D eigenvalue weighted by Gasteiger charge is -2.05. The minimum absolute atomic E-state index is 0.349. The third-order valence-corrected chi connectivity index (χ3v) is 3.33. The predicted octanol–water partition coefficient (Wildman–Crippen LogP) is 3.65. The maximum atomic E-state index is 6.13. The number of hydrogen-bond donors (Lipinski definition) is 1. The molecule has 0 spiro atoms. The molecule has 0 aliphatic rings. The fraction of sp³-hybridized carbons (Fsp3) is 0.0667. The highest BCUT2D eigenvalue weighted by molar-refractivity contribution is 6.33. The van der Waals surface area contributed by atoms with E-state index >= 15 is 0 Å². The molecule has 21 heavy (non-hydrogen) atoms. The summed E-state index contributed by atoms with van der Waals surface area (Å²) in [6, 6.07) is 12.5. The molecular formula is C15H12ClN3O2.